The van der Waals surface area contributed by atoms with Gasteiger partial charge in [0.05, 0.1) is 4.11 Å². The molecule has 0 radical (unpaired) electrons. The van der Waals surface area contributed by atoms with Crippen molar-refractivity contribution in [3.63, 3.8) is 0 Å². The van der Waals surface area contributed by atoms with Gasteiger partial charge in [-0.2, -0.15) is 0 Å². The summed E-state index contributed by atoms with van der Waals surface area (Å²) in [5.41, 5.74) is -0.874. The molecule has 1 aromatic rings. The van der Waals surface area contributed by atoms with Gasteiger partial charge in [-0.15, -0.1) is 0 Å². The summed E-state index contributed by atoms with van der Waals surface area (Å²) in [5.74, 6) is -1.28. The number of halogens is 2. The second-order valence-electron chi connectivity index (χ2n) is 1.38. The van der Waals surface area contributed by atoms with Gasteiger partial charge < -0.3 is 0 Å². The molecule has 0 heterocycles. The Kier molecular flexibility index (Phi) is 0.647. The molecule has 0 aromatic heterocycles. The molecule has 0 fully saturated rings. The third kappa shape index (κ3) is 1.52. The molecule has 0 nitrogen and oxygen atoms in total. The summed E-state index contributed by atoms with van der Waals surface area (Å²) in [4.78, 5) is 0. The van der Waals surface area contributed by atoms with Crippen LogP contribution in [0.5, 0.6) is 0 Å². The zero-order chi connectivity index (χ0) is 12.0. The summed E-state index contributed by atoms with van der Waals surface area (Å²) in [7, 11) is 0. The van der Waals surface area contributed by atoms with Crippen LogP contribution < -0.4 is 0 Å². The van der Waals surface area contributed by atoms with Crippen molar-refractivity contribution in [3.8, 4) is 0 Å². The molecule has 0 aliphatic heterocycles. The molecule has 0 N–H and O–H groups in total. The van der Waals surface area contributed by atoms with E-state index in [2.05, 4.69) is 15.9 Å². The van der Waals surface area contributed by atoms with E-state index in [9.17, 15) is 4.39 Å². The predicted octanol–water partition coefficient (Wildman–Crippen LogP) is 2.90. The third-order valence-corrected chi connectivity index (χ3v) is 1.13. The molecule has 0 bridgehead atoms. The van der Waals surface area contributed by atoms with Gasteiger partial charge in [0, 0.05) is 8.58 Å². The predicted molar refractivity (Wildman–Crippen MR) is 38.8 cm³/mol. The molecule has 0 atom stereocenters. The van der Waals surface area contributed by atoms with E-state index in [1.165, 1.54) is 0 Å². The van der Waals surface area contributed by atoms with Crippen LogP contribution in [0.25, 0.3) is 0 Å². The molecule has 2 heteroatoms. The zero-order valence-electron chi connectivity index (χ0n) is 10.3. The van der Waals surface area contributed by atoms with E-state index in [1.807, 2.05) is 0 Å². The minimum atomic E-state index is -2.83. The highest BCUT2D eigenvalue weighted by molar-refractivity contribution is 9.10. The summed E-state index contributed by atoms with van der Waals surface area (Å²) in [5, 5.41) is 0. The third-order valence-electron chi connectivity index (χ3n) is 0.736. The standard InChI is InChI=1S/C7H6BrF/c1-5-2-3-6(8)4-7(5)9/h2-4H,1H3/i1D3,2D,3D,4D. The Labute approximate surface area is 70.3 Å². The summed E-state index contributed by atoms with van der Waals surface area (Å²) in [6, 6.07) is -1.91. The number of hydrogen-bond acceptors (Lipinski definition) is 0. The van der Waals surface area contributed by atoms with Gasteiger partial charge in [0.15, 0.2) is 0 Å². The first kappa shape index (κ1) is 2.35. The van der Waals surface area contributed by atoms with Crippen molar-refractivity contribution in [1.82, 2.24) is 0 Å². The first-order valence-corrected chi connectivity index (χ1v) is 2.92. The van der Waals surface area contributed by atoms with Crippen LogP contribution in [-0.4, -0.2) is 0 Å². The lowest BCUT2D eigenvalue weighted by Gasteiger charge is -1.93. The van der Waals surface area contributed by atoms with Gasteiger partial charge in [0.2, 0.25) is 0 Å². The molecule has 1 aromatic carbocycles. The van der Waals surface area contributed by atoms with Crippen molar-refractivity contribution in [2.75, 3.05) is 0 Å². The second-order valence-corrected chi connectivity index (χ2v) is 2.17. The summed E-state index contributed by atoms with van der Waals surface area (Å²) in [6.07, 6.45) is 0. The molecular weight excluding hydrogens is 183 g/mol. The first-order chi connectivity index (χ1) is 6.68. The van der Waals surface area contributed by atoms with Crippen molar-refractivity contribution >= 4 is 15.9 Å². The maximum Gasteiger partial charge on any atom is 0.127 e. The summed E-state index contributed by atoms with van der Waals surface area (Å²) in [6.45, 7) is -2.83. The van der Waals surface area contributed by atoms with Crippen LogP contribution in [0, 0.1) is 12.7 Å². The molecule has 0 saturated carbocycles. The van der Waals surface area contributed by atoms with Crippen LogP contribution in [0.1, 0.15) is 13.8 Å². The monoisotopic (exact) mass is 194 g/mol. The highest BCUT2D eigenvalue weighted by Crippen LogP contribution is 2.13. The Bertz CT molecular complexity index is 384. The summed E-state index contributed by atoms with van der Waals surface area (Å²) < 4.78 is 56.1. The van der Waals surface area contributed by atoms with Crippen molar-refractivity contribution in [3.05, 3.63) is 34.0 Å². The number of hydrogen-bond donors (Lipinski definition) is 0. The zero-order valence-corrected chi connectivity index (χ0v) is 5.84. The number of benzene rings is 1. The van der Waals surface area contributed by atoms with E-state index in [-0.39, 0.29) is 4.47 Å². The van der Waals surface area contributed by atoms with E-state index in [0.29, 0.717) is 0 Å². The molecule has 0 aliphatic carbocycles. The van der Waals surface area contributed by atoms with Crippen molar-refractivity contribution in [1.29, 1.82) is 0 Å². The molecule has 48 valence electrons. The molecular formula is C7H6BrF. The van der Waals surface area contributed by atoms with Crippen LogP contribution in [0.3, 0.4) is 0 Å². The van der Waals surface area contributed by atoms with E-state index in [4.69, 9.17) is 8.22 Å². The molecule has 0 saturated heterocycles. The quantitative estimate of drug-likeness (QED) is 0.597. The van der Waals surface area contributed by atoms with Gasteiger partial charge in [-0.1, -0.05) is 22.0 Å². The lowest BCUT2D eigenvalue weighted by atomic mass is 10.2. The Morgan fingerprint density at radius 1 is 1.78 bits per heavy atom. The van der Waals surface area contributed by atoms with Crippen molar-refractivity contribution < 1.29 is 12.6 Å². The Morgan fingerprint density at radius 2 is 2.56 bits per heavy atom. The molecule has 0 aliphatic rings. The minimum Gasteiger partial charge on any atom is -0.207 e. The fourth-order valence-electron chi connectivity index (χ4n) is 0.362. The van der Waals surface area contributed by atoms with Gasteiger partial charge >= 0.3 is 0 Å². The fourth-order valence-corrected chi connectivity index (χ4v) is 0.636. The van der Waals surface area contributed by atoms with Crippen LogP contribution in [0.2, 0.25) is 0 Å². The second kappa shape index (κ2) is 2.48. The SMILES string of the molecule is [2H]c1c([2H])c(C([2H])([2H])[2H])c(F)c([2H])c1Br. The maximum atomic E-state index is 13.4. The molecule has 0 unspecified atom stereocenters. The van der Waals surface area contributed by atoms with Crippen LogP contribution in [-0.2, 0) is 0 Å². The summed E-state index contributed by atoms with van der Waals surface area (Å²) >= 11 is 2.76. The van der Waals surface area contributed by atoms with Crippen LogP contribution in [0.4, 0.5) is 4.39 Å². The lowest BCUT2D eigenvalue weighted by molar-refractivity contribution is 0.617. The van der Waals surface area contributed by atoms with Crippen LogP contribution >= 0.6 is 15.9 Å². The average molecular weight is 195 g/mol. The highest BCUT2D eigenvalue weighted by atomic mass is 79.9. The average Bonchev–Trinajstić information content (AvgIpc) is 2.09. The lowest BCUT2D eigenvalue weighted by Crippen LogP contribution is -1.78. The van der Waals surface area contributed by atoms with E-state index >= 15 is 0 Å². The minimum absolute atomic E-state index is 0.210. The van der Waals surface area contributed by atoms with Crippen molar-refractivity contribution in [2.45, 2.75) is 6.85 Å². The topological polar surface area (TPSA) is 0 Å². The van der Waals surface area contributed by atoms with Gasteiger partial charge in [-0.25, -0.2) is 4.39 Å². The Balaban J connectivity index is 3.68. The van der Waals surface area contributed by atoms with Gasteiger partial charge in [-0.3, -0.25) is 0 Å². The van der Waals surface area contributed by atoms with E-state index < -0.39 is 36.4 Å². The first-order valence-electron chi connectivity index (χ1n) is 5.13. The molecule has 9 heavy (non-hydrogen) atoms. The molecule has 0 amide bonds. The fraction of sp³-hybridized carbons (Fsp3) is 0.143. The van der Waals surface area contributed by atoms with Gasteiger partial charge in [0.1, 0.15) is 5.82 Å². The Morgan fingerprint density at radius 3 is 3.22 bits per heavy atom. The maximum absolute atomic E-state index is 13.4. The van der Waals surface area contributed by atoms with Gasteiger partial charge in [-0.05, 0) is 24.5 Å². The smallest absolute Gasteiger partial charge is 0.127 e. The normalized spacial score (nSPS) is 20.7. The molecule has 0 spiro atoms. The van der Waals surface area contributed by atoms with Crippen LogP contribution in [0.15, 0.2) is 22.6 Å². The van der Waals surface area contributed by atoms with Gasteiger partial charge in [0.25, 0.3) is 0 Å². The largest absolute Gasteiger partial charge is 0.207 e. The Hall–Kier alpha value is -0.370. The van der Waals surface area contributed by atoms with E-state index in [0.717, 1.165) is 0 Å². The van der Waals surface area contributed by atoms with E-state index in [1.54, 1.807) is 0 Å². The van der Waals surface area contributed by atoms with Crippen molar-refractivity contribution in [2.24, 2.45) is 0 Å². The number of rotatable bonds is 0. The molecule has 1 rings (SSSR count). The highest BCUT2D eigenvalue weighted by Gasteiger charge is 1.94.